The van der Waals surface area contributed by atoms with Crippen LogP contribution in [0.5, 0.6) is 0 Å². The molecule has 0 aromatic rings. The summed E-state index contributed by atoms with van der Waals surface area (Å²) >= 11 is 0. The molecule has 96 valence electrons. The van der Waals surface area contributed by atoms with Crippen molar-refractivity contribution in [1.29, 1.82) is 0 Å². The second kappa shape index (κ2) is 12.4. The lowest BCUT2D eigenvalue weighted by Gasteiger charge is -2.05. The third-order valence-electron chi connectivity index (χ3n) is 1.91. The smallest absolute Gasteiger partial charge is 0.319 e. The zero-order valence-corrected chi connectivity index (χ0v) is 10.0. The quantitative estimate of drug-likeness (QED) is 0.397. The maximum absolute atomic E-state index is 11.1. The lowest BCUT2D eigenvalue weighted by atomic mass is 10.4. The highest BCUT2D eigenvalue weighted by atomic mass is 16.5. The molecule has 16 heavy (non-hydrogen) atoms. The average molecular weight is 233 g/mol. The maximum Gasteiger partial charge on any atom is 0.319 e. The Morgan fingerprint density at radius 2 is 2.06 bits per heavy atom. The van der Waals surface area contributed by atoms with E-state index in [1.54, 1.807) is 0 Å². The molecule has 0 aromatic carbocycles. The summed E-state index contributed by atoms with van der Waals surface area (Å²) in [7, 11) is 0. The number of rotatable bonds is 11. The van der Waals surface area contributed by atoms with Gasteiger partial charge < -0.3 is 19.9 Å². The summed E-state index contributed by atoms with van der Waals surface area (Å²) in [6.07, 6.45) is 2.77. The second-order valence-corrected chi connectivity index (χ2v) is 3.44. The van der Waals surface area contributed by atoms with E-state index in [0.29, 0.717) is 26.4 Å². The van der Waals surface area contributed by atoms with Gasteiger partial charge in [-0.1, -0.05) is 13.3 Å². The van der Waals surface area contributed by atoms with Gasteiger partial charge in [-0.05, 0) is 19.4 Å². The molecule has 0 aromatic heterocycles. The first-order valence-corrected chi connectivity index (χ1v) is 5.86. The van der Waals surface area contributed by atoms with E-state index in [1.807, 2.05) is 0 Å². The minimum Gasteiger partial charge on any atom is -0.465 e. The van der Waals surface area contributed by atoms with E-state index >= 15 is 0 Å². The van der Waals surface area contributed by atoms with E-state index in [-0.39, 0.29) is 19.1 Å². The number of carbonyl (C=O) groups is 1. The molecule has 0 saturated heterocycles. The van der Waals surface area contributed by atoms with E-state index in [4.69, 9.17) is 14.6 Å². The first-order valence-electron chi connectivity index (χ1n) is 5.86. The van der Waals surface area contributed by atoms with Gasteiger partial charge in [-0.25, -0.2) is 0 Å². The fraction of sp³-hybridized carbons (Fsp3) is 0.909. The normalized spacial score (nSPS) is 10.4. The van der Waals surface area contributed by atoms with E-state index in [1.165, 1.54) is 0 Å². The van der Waals surface area contributed by atoms with Crippen molar-refractivity contribution in [3.05, 3.63) is 0 Å². The molecule has 0 unspecified atom stereocenters. The monoisotopic (exact) mass is 233 g/mol. The number of ether oxygens (including phenoxy) is 2. The summed E-state index contributed by atoms with van der Waals surface area (Å²) in [5.41, 5.74) is 0. The highest BCUT2D eigenvalue weighted by Gasteiger charge is 2.00. The molecule has 0 saturated carbocycles. The zero-order chi connectivity index (χ0) is 12.1. The molecule has 0 bridgehead atoms. The van der Waals surface area contributed by atoms with Crippen LogP contribution < -0.4 is 5.32 Å². The molecule has 0 radical (unpaired) electrons. The predicted molar refractivity (Wildman–Crippen MR) is 61.3 cm³/mol. The summed E-state index contributed by atoms with van der Waals surface area (Å²) < 4.78 is 10.0. The Hall–Kier alpha value is -0.650. The van der Waals surface area contributed by atoms with Crippen LogP contribution in [0.25, 0.3) is 0 Å². The highest BCUT2D eigenvalue weighted by molar-refractivity contribution is 5.71. The Kier molecular flexibility index (Phi) is 11.9. The second-order valence-electron chi connectivity index (χ2n) is 3.44. The topological polar surface area (TPSA) is 67.8 Å². The Labute approximate surface area is 97.1 Å². The summed E-state index contributed by atoms with van der Waals surface area (Å²) in [6, 6.07) is 0. The molecule has 0 amide bonds. The van der Waals surface area contributed by atoms with Crippen molar-refractivity contribution in [1.82, 2.24) is 5.32 Å². The van der Waals surface area contributed by atoms with Crippen molar-refractivity contribution >= 4 is 5.97 Å². The van der Waals surface area contributed by atoms with E-state index in [2.05, 4.69) is 12.2 Å². The molecule has 0 spiro atoms. The van der Waals surface area contributed by atoms with Gasteiger partial charge in [-0.2, -0.15) is 0 Å². The SMILES string of the molecule is CCCCOC(=O)CNCCCOCCO. The fourth-order valence-electron chi connectivity index (χ4n) is 1.04. The molecular formula is C11H23NO4. The fourth-order valence-corrected chi connectivity index (χ4v) is 1.04. The van der Waals surface area contributed by atoms with Crippen LogP contribution in [-0.4, -0.2) is 50.6 Å². The molecule has 0 aliphatic heterocycles. The molecule has 0 fully saturated rings. The minimum atomic E-state index is -0.204. The molecule has 0 heterocycles. The zero-order valence-electron chi connectivity index (χ0n) is 10.0. The van der Waals surface area contributed by atoms with Gasteiger partial charge in [0, 0.05) is 6.61 Å². The summed E-state index contributed by atoms with van der Waals surface area (Å²) in [6.45, 7) is 4.56. The number of aliphatic hydroxyl groups excluding tert-OH is 1. The summed E-state index contributed by atoms with van der Waals surface area (Å²) in [5, 5.41) is 11.4. The molecule has 5 nitrogen and oxygen atoms in total. The van der Waals surface area contributed by atoms with Crippen LogP contribution in [0.3, 0.4) is 0 Å². The third kappa shape index (κ3) is 11.4. The molecule has 0 aliphatic rings. The minimum absolute atomic E-state index is 0.0528. The van der Waals surface area contributed by atoms with E-state index in [0.717, 1.165) is 19.3 Å². The Bertz CT molecular complexity index is 164. The van der Waals surface area contributed by atoms with Crippen LogP contribution in [-0.2, 0) is 14.3 Å². The summed E-state index contributed by atoms with van der Waals surface area (Å²) in [4.78, 5) is 11.1. The number of hydrogen-bond acceptors (Lipinski definition) is 5. The highest BCUT2D eigenvalue weighted by Crippen LogP contribution is 1.88. The molecular weight excluding hydrogens is 210 g/mol. The van der Waals surface area contributed by atoms with Crippen LogP contribution in [0.15, 0.2) is 0 Å². The average Bonchev–Trinajstić information content (AvgIpc) is 2.28. The number of hydrogen-bond donors (Lipinski definition) is 2. The van der Waals surface area contributed by atoms with Gasteiger partial charge in [0.1, 0.15) is 0 Å². The van der Waals surface area contributed by atoms with Gasteiger partial charge in [0.15, 0.2) is 0 Å². The third-order valence-corrected chi connectivity index (χ3v) is 1.91. The predicted octanol–water partition coefficient (Wildman–Crippen LogP) is 0.318. The van der Waals surface area contributed by atoms with Gasteiger partial charge in [-0.15, -0.1) is 0 Å². The number of unbranched alkanes of at least 4 members (excludes halogenated alkanes) is 1. The van der Waals surface area contributed by atoms with E-state index in [9.17, 15) is 4.79 Å². The van der Waals surface area contributed by atoms with Crippen LogP contribution in [0, 0.1) is 0 Å². The van der Waals surface area contributed by atoms with Crippen LogP contribution in [0.1, 0.15) is 26.2 Å². The number of aliphatic hydroxyl groups is 1. The van der Waals surface area contributed by atoms with Gasteiger partial charge >= 0.3 is 5.97 Å². The molecule has 5 heteroatoms. The molecule has 0 atom stereocenters. The first kappa shape index (κ1) is 15.3. The molecule has 2 N–H and O–H groups in total. The lowest BCUT2D eigenvalue weighted by molar-refractivity contribution is -0.142. The van der Waals surface area contributed by atoms with Crippen molar-refractivity contribution in [3.63, 3.8) is 0 Å². The molecule has 0 rings (SSSR count). The van der Waals surface area contributed by atoms with Crippen molar-refractivity contribution in [2.24, 2.45) is 0 Å². The van der Waals surface area contributed by atoms with Crippen molar-refractivity contribution in [2.45, 2.75) is 26.2 Å². The van der Waals surface area contributed by atoms with Crippen molar-refractivity contribution in [3.8, 4) is 0 Å². The van der Waals surface area contributed by atoms with Crippen molar-refractivity contribution in [2.75, 3.05) is 39.5 Å². The number of nitrogens with one attached hydrogen (secondary N) is 1. The van der Waals surface area contributed by atoms with Crippen LogP contribution in [0.2, 0.25) is 0 Å². The van der Waals surface area contributed by atoms with Crippen LogP contribution in [0.4, 0.5) is 0 Å². The largest absolute Gasteiger partial charge is 0.465 e. The standard InChI is InChI=1S/C11H23NO4/c1-2-3-8-16-11(14)10-12-5-4-7-15-9-6-13/h12-13H,2-10H2,1H3. The Morgan fingerprint density at radius 3 is 2.75 bits per heavy atom. The Balaban J connectivity index is 3.09. The van der Waals surface area contributed by atoms with Crippen LogP contribution >= 0.6 is 0 Å². The van der Waals surface area contributed by atoms with Crippen molar-refractivity contribution < 1.29 is 19.4 Å². The van der Waals surface area contributed by atoms with Gasteiger partial charge in [0.25, 0.3) is 0 Å². The van der Waals surface area contributed by atoms with Gasteiger partial charge in [0.05, 0.1) is 26.4 Å². The molecule has 0 aliphatic carbocycles. The van der Waals surface area contributed by atoms with Gasteiger partial charge in [-0.3, -0.25) is 4.79 Å². The maximum atomic E-state index is 11.1. The van der Waals surface area contributed by atoms with E-state index < -0.39 is 0 Å². The number of carbonyl (C=O) groups excluding carboxylic acids is 1. The lowest BCUT2D eigenvalue weighted by Crippen LogP contribution is -2.26. The Morgan fingerprint density at radius 1 is 1.25 bits per heavy atom. The number of esters is 1. The summed E-state index contributed by atoms with van der Waals surface area (Å²) in [5.74, 6) is -0.204. The first-order chi connectivity index (χ1) is 7.81. The van der Waals surface area contributed by atoms with Gasteiger partial charge in [0.2, 0.25) is 0 Å².